The fourth-order valence-electron chi connectivity index (χ4n) is 2.12. The lowest BCUT2D eigenvalue weighted by Crippen LogP contribution is -2.12. The number of anilines is 1. The molecule has 5 nitrogen and oxygen atoms in total. The Bertz CT molecular complexity index is 852. The first-order valence-corrected chi connectivity index (χ1v) is 7.98. The summed E-state index contributed by atoms with van der Waals surface area (Å²) >= 11 is 1.29. The van der Waals surface area contributed by atoms with Crippen molar-refractivity contribution in [2.75, 3.05) is 12.4 Å². The molecule has 3 rings (SSSR count). The summed E-state index contributed by atoms with van der Waals surface area (Å²) in [4.78, 5) is 12.2. The van der Waals surface area contributed by atoms with Gasteiger partial charge in [0.05, 0.1) is 7.11 Å². The molecule has 1 heterocycles. The topological polar surface area (TPSA) is 64.1 Å². The van der Waals surface area contributed by atoms with Crippen molar-refractivity contribution >= 4 is 22.4 Å². The molecule has 0 bridgehead atoms. The van der Waals surface area contributed by atoms with E-state index >= 15 is 0 Å². The van der Waals surface area contributed by atoms with Crippen molar-refractivity contribution < 1.29 is 13.9 Å². The summed E-state index contributed by atoms with van der Waals surface area (Å²) in [6, 6.07) is 13.9. The van der Waals surface area contributed by atoms with Crippen molar-refractivity contribution in [2.24, 2.45) is 0 Å². The van der Waals surface area contributed by atoms with Crippen LogP contribution in [0.4, 0.5) is 9.52 Å². The maximum absolute atomic E-state index is 13.7. The van der Waals surface area contributed by atoms with Crippen LogP contribution in [-0.2, 0) is 6.42 Å². The van der Waals surface area contributed by atoms with Crippen LogP contribution in [0.15, 0.2) is 48.5 Å². The van der Waals surface area contributed by atoms with E-state index in [0.717, 1.165) is 16.6 Å². The minimum absolute atomic E-state index is 0.0904. The Labute approximate surface area is 142 Å². The number of nitrogens with one attached hydrogen (secondary N) is 1. The molecule has 0 radical (unpaired) electrons. The number of methoxy groups -OCH3 is 1. The van der Waals surface area contributed by atoms with Crippen LogP contribution in [-0.4, -0.2) is 23.2 Å². The average Bonchev–Trinajstić information content (AvgIpc) is 3.02. The fraction of sp³-hybridized carbons (Fsp3) is 0.118. The molecule has 0 unspecified atom stereocenters. The van der Waals surface area contributed by atoms with Crippen LogP contribution in [0.1, 0.15) is 20.9 Å². The van der Waals surface area contributed by atoms with E-state index in [1.165, 1.54) is 30.6 Å². The molecule has 7 heteroatoms. The molecule has 0 aliphatic heterocycles. The quantitative estimate of drug-likeness (QED) is 0.770. The first-order chi connectivity index (χ1) is 11.7. The van der Waals surface area contributed by atoms with Gasteiger partial charge in [-0.1, -0.05) is 41.7 Å². The molecule has 2 aromatic carbocycles. The number of aromatic nitrogens is 2. The standard InChI is InChI=1S/C17H14FN3O2S/c1-23-14-8-7-12(10-13(14)18)16(22)19-17-21-20-15(24-17)9-11-5-3-2-4-6-11/h2-8,10H,9H2,1H3,(H,19,21,22). The molecule has 0 fully saturated rings. The zero-order valence-electron chi connectivity index (χ0n) is 12.8. The number of carbonyl (C=O) groups is 1. The zero-order chi connectivity index (χ0) is 16.9. The van der Waals surface area contributed by atoms with Crippen molar-refractivity contribution in [3.05, 3.63) is 70.5 Å². The highest BCUT2D eigenvalue weighted by atomic mass is 32.1. The van der Waals surface area contributed by atoms with Crippen molar-refractivity contribution in [3.8, 4) is 5.75 Å². The third-order valence-electron chi connectivity index (χ3n) is 3.30. The van der Waals surface area contributed by atoms with E-state index in [0.29, 0.717) is 11.6 Å². The van der Waals surface area contributed by atoms with E-state index in [-0.39, 0.29) is 11.3 Å². The lowest BCUT2D eigenvalue weighted by molar-refractivity contribution is 0.102. The first-order valence-electron chi connectivity index (χ1n) is 7.17. The number of benzene rings is 2. The molecule has 0 spiro atoms. The van der Waals surface area contributed by atoms with Gasteiger partial charge in [0.15, 0.2) is 11.6 Å². The number of halogens is 1. The minimum Gasteiger partial charge on any atom is -0.494 e. The Morgan fingerprint density at radius 1 is 1.21 bits per heavy atom. The third kappa shape index (κ3) is 3.75. The summed E-state index contributed by atoms with van der Waals surface area (Å²) in [6.07, 6.45) is 0.644. The molecular weight excluding hydrogens is 329 g/mol. The second-order valence-electron chi connectivity index (χ2n) is 4.97. The van der Waals surface area contributed by atoms with Gasteiger partial charge in [0, 0.05) is 12.0 Å². The number of nitrogens with zero attached hydrogens (tertiary/aromatic N) is 2. The largest absolute Gasteiger partial charge is 0.494 e. The second-order valence-corrected chi connectivity index (χ2v) is 6.03. The molecule has 1 amide bonds. The van der Waals surface area contributed by atoms with Gasteiger partial charge in [0.2, 0.25) is 5.13 Å². The third-order valence-corrected chi connectivity index (χ3v) is 4.14. The Balaban J connectivity index is 1.68. The van der Waals surface area contributed by atoms with Crippen LogP contribution in [0.25, 0.3) is 0 Å². The number of hydrogen-bond donors (Lipinski definition) is 1. The highest BCUT2D eigenvalue weighted by molar-refractivity contribution is 7.15. The molecule has 0 aliphatic rings. The molecule has 24 heavy (non-hydrogen) atoms. The molecule has 3 aromatic rings. The van der Waals surface area contributed by atoms with Crippen molar-refractivity contribution in [1.82, 2.24) is 10.2 Å². The van der Waals surface area contributed by atoms with Gasteiger partial charge in [-0.25, -0.2) is 4.39 Å². The van der Waals surface area contributed by atoms with Gasteiger partial charge in [-0.3, -0.25) is 10.1 Å². The van der Waals surface area contributed by atoms with Gasteiger partial charge in [-0.15, -0.1) is 10.2 Å². The highest BCUT2D eigenvalue weighted by Crippen LogP contribution is 2.21. The van der Waals surface area contributed by atoms with Gasteiger partial charge in [-0.2, -0.15) is 0 Å². The summed E-state index contributed by atoms with van der Waals surface area (Å²) in [5.41, 5.74) is 1.30. The van der Waals surface area contributed by atoms with Crippen LogP contribution in [0.5, 0.6) is 5.75 Å². The average molecular weight is 343 g/mol. The molecule has 1 aromatic heterocycles. The van der Waals surface area contributed by atoms with Crippen LogP contribution >= 0.6 is 11.3 Å². The molecule has 0 saturated heterocycles. The van der Waals surface area contributed by atoms with Crippen molar-refractivity contribution in [3.63, 3.8) is 0 Å². The van der Waals surface area contributed by atoms with Gasteiger partial charge < -0.3 is 4.74 Å². The predicted octanol–water partition coefficient (Wildman–Crippen LogP) is 3.53. The van der Waals surface area contributed by atoms with Crippen LogP contribution in [0.2, 0.25) is 0 Å². The Hall–Kier alpha value is -2.80. The number of amides is 1. The Morgan fingerprint density at radius 2 is 2.00 bits per heavy atom. The van der Waals surface area contributed by atoms with Crippen molar-refractivity contribution in [1.29, 1.82) is 0 Å². The number of carbonyl (C=O) groups excluding carboxylic acids is 1. The lowest BCUT2D eigenvalue weighted by atomic mass is 10.2. The second kappa shape index (κ2) is 7.18. The summed E-state index contributed by atoms with van der Waals surface area (Å²) in [7, 11) is 1.37. The van der Waals surface area contributed by atoms with Crippen LogP contribution in [0.3, 0.4) is 0 Å². The van der Waals surface area contributed by atoms with Gasteiger partial charge >= 0.3 is 0 Å². The predicted molar refractivity (Wildman–Crippen MR) is 90.1 cm³/mol. The van der Waals surface area contributed by atoms with Gasteiger partial charge in [0.1, 0.15) is 5.01 Å². The SMILES string of the molecule is COc1ccc(C(=O)Nc2nnc(Cc3ccccc3)s2)cc1F. The Kier molecular flexibility index (Phi) is 4.81. The molecule has 0 aliphatic carbocycles. The van der Waals surface area contributed by atoms with Gasteiger partial charge in [0.25, 0.3) is 5.91 Å². The molecule has 0 saturated carbocycles. The summed E-state index contributed by atoms with van der Waals surface area (Å²) in [6.45, 7) is 0. The van der Waals surface area contributed by atoms with E-state index in [1.54, 1.807) is 0 Å². The Morgan fingerprint density at radius 3 is 2.71 bits per heavy atom. The smallest absolute Gasteiger partial charge is 0.257 e. The van der Waals surface area contributed by atoms with Crippen molar-refractivity contribution in [2.45, 2.75) is 6.42 Å². The van der Waals surface area contributed by atoms with Crippen LogP contribution < -0.4 is 10.1 Å². The molecule has 0 atom stereocenters. The van der Waals surface area contributed by atoms with E-state index in [1.807, 2.05) is 30.3 Å². The summed E-state index contributed by atoms with van der Waals surface area (Å²) < 4.78 is 18.5. The number of rotatable bonds is 5. The summed E-state index contributed by atoms with van der Waals surface area (Å²) in [5.74, 6) is -0.946. The monoisotopic (exact) mass is 343 g/mol. The fourth-order valence-corrected chi connectivity index (χ4v) is 2.89. The highest BCUT2D eigenvalue weighted by Gasteiger charge is 2.13. The zero-order valence-corrected chi connectivity index (χ0v) is 13.6. The minimum atomic E-state index is -0.591. The number of ether oxygens (including phenoxy) is 1. The van der Waals surface area contributed by atoms with Crippen LogP contribution in [0, 0.1) is 5.82 Å². The maximum Gasteiger partial charge on any atom is 0.257 e. The first kappa shape index (κ1) is 16.1. The van der Waals surface area contributed by atoms with E-state index < -0.39 is 11.7 Å². The normalized spacial score (nSPS) is 10.4. The molecular formula is C17H14FN3O2S. The van der Waals surface area contributed by atoms with Gasteiger partial charge in [-0.05, 0) is 23.8 Å². The number of hydrogen-bond acceptors (Lipinski definition) is 5. The van der Waals surface area contributed by atoms with E-state index in [9.17, 15) is 9.18 Å². The van der Waals surface area contributed by atoms with E-state index in [4.69, 9.17) is 4.74 Å². The molecule has 122 valence electrons. The summed E-state index contributed by atoms with van der Waals surface area (Å²) in [5, 5.41) is 11.8. The maximum atomic E-state index is 13.7. The van der Waals surface area contributed by atoms with E-state index in [2.05, 4.69) is 15.5 Å². The lowest BCUT2D eigenvalue weighted by Gasteiger charge is -2.04. The molecule has 1 N–H and O–H groups in total.